The Labute approximate surface area is 165 Å². The number of rotatable bonds is 3. The van der Waals surface area contributed by atoms with Crippen molar-refractivity contribution in [3.8, 4) is 0 Å². The molecule has 1 aromatic rings. The van der Waals surface area contributed by atoms with E-state index in [9.17, 15) is 0 Å². The van der Waals surface area contributed by atoms with Crippen LogP contribution in [0.15, 0.2) is 41.6 Å². The van der Waals surface area contributed by atoms with E-state index in [1.807, 2.05) is 0 Å². The van der Waals surface area contributed by atoms with E-state index in [1.54, 1.807) is 21.5 Å². The van der Waals surface area contributed by atoms with Crippen molar-refractivity contribution in [2.24, 2.45) is 0 Å². The first-order valence-corrected chi connectivity index (χ1v) is 12.6. The molecule has 0 N–H and O–H groups in total. The van der Waals surface area contributed by atoms with Crippen molar-refractivity contribution in [1.82, 2.24) is 0 Å². The third-order valence-electron chi connectivity index (χ3n) is 4.69. The number of benzene rings is 1. The van der Waals surface area contributed by atoms with Crippen molar-refractivity contribution in [3.63, 3.8) is 0 Å². The van der Waals surface area contributed by atoms with E-state index in [0.717, 1.165) is 6.42 Å². The van der Waals surface area contributed by atoms with E-state index >= 15 is 0 Å². The van der Waals surface area contributed by atoms with Gasteiger partial charge in [0.25, 0.3) is 0 Å². The Hall–Kier alpha value is 0.397. The summed E-state index contributed by atoms with van der Waals surface area (Å²) in [6, 6.07) is 8.12. The molecule has 0 amide bonds. The molecule has 0 spiro atoms. The summed E-state index contributed by atoms with van der Waals surface area (Å²) in [5.74, 6) is 0. The predicted molar refractivity (Wildman–Crippen MR) is 84.5 cm³/mol. The molecule has 1 aromatic carbocycles. The maximum atomic E-state index is 7.07. The smallest absolute Gasteiger partial charge is 1.00 e. The van der Waals surface area contributed by atoms with Crippen LogP contribution in [-0.2, 0) is 24.4 Å². The molecular formula is C17H16Cl3HfSi. The van der Waals surface area contributed by atoms with Crippen LogP contribution in [0.25, 0.3) is 10.8 Å². The molecule has 3 aliphatic rings. The van der Waals surface area contributed by atoms with Gasteiger partial charge in [0.2, 0.25) is 0 Å². The van der Waals surface area contributed by atoms with Crippen molar-refractivity contribution in [1.29, 1.82) is 0 Å². The van der Waals surface area contributed by atoms with Crippen LogP contribution in [0.2, 0.25) is 6.04 Å². The fourth-order valence-electron chi connectivity index (χ4n) is 3.79. The first kappa shape index (κ1) is 18.7. The standard InChI is InChI=1S/C17H16ClSi.2ClH.Hf/c1-2-10-19(18)15-11-13-8-5-9-14(16(13)17(15)19)12-6-3-4-7-12;;;/h3-6,8-9,11H,2,7,10H2,1H3;2*1H;/q;;;+2/p-2. The molecule has 0 radical (unpaired) electrons. The van der Waals surface area contributed by atoms with Crippen molar-refractivity contribution in [3.05, 3.63) is 58.3 Å². The number of allylic oxidation sites excluding steroid dienone is 5. The molecule has 0 bridgehead atoms. The van der Waals surface area contributed by atoms with Crippen LogP contribution in [-0.4, -0.2) is 7.38 Å². The van der Waals surface area contributed by atoms with Gasteiger partial charge in [-0.2, -0.15) is 0 Å². The quantitative estimate of drug-likeness (QED) is 0.349. The average Bonchev–Trinajstić information content (AvgIpc) is 2.85. The minimum Gasteiger partial charge on any atom is -1.00 e. The topological polar surface area (TPSA) is 0 Å². The van der Waals surface area contributed by atoms with E-state index in [4.69, 9.17) is 11.1 Å². The summed E-state index contributed by atoms with van der Waals surface area (Å²) in [6.45, 7) is 2.27. The molecule has 0 saturated heterocycles. The van der Waals surface area contributed by atoms with Gasteiger partial charge >= 0.3 is 141 Å². The van der Waals surface area contributed by atoms with Crippen molar-refractivity contribution in [2.75, 3.05) is 0 Å². The molecule has 0 aromatic heterocycles. The molecule has 5 heteroatoms. The van der Waals surface area contributed by atoms with Gasteiger partial charge in [-0.25, -0.2) is 0 Å². The zero-order chi connectivity index (χ0) is 13.9. The SMILES string of the molecule is CCC[Si]1(Cl)C2=C1[CH]([Hf+2])c1cccc(C3=CC=CC3)c12.[Cl-].[Cl-]. The van der Waals surface area contributed by atoms with Crippen LogP contribution >= 0.6 is 11.1 Å². The minimum atomic E-state index is -1.66. The van der Waals surface area contributed by atoms with Crippen LogP contribution in [0.3, 0.4) is 0 Å². The van der Waals surface area contributed by atoms with Gasteiger partial charge in [0.05, 0.1) is 0 Å². The summed E-state index contributed by atoms with van der Waals surface area (Å²) in [5.41, 5.74) is 6.06. The Morgan fingerprint density at radius 3 is 2.73 bits per heavy atom. The second kappa shape index (κ2) is 6.72. The molecule has 2 aliphatic carbocycles. The normalized spacial score (nSPS) is 26.9. The summed E-state index contributed by atoms with van der Waals surface area (Å²) < 4.78 is 0.700. The molecule has 0 saturated carbocycles. The first-order chi connectivity index (χ1) is 9.68. The van der Waals surface area contributed by atoms with Crippen LogP contribution in [0, 0.1) is 0 Å². The van der Waals surface area contributed by atoms with Gasteiger partial charge in [-0.15, -0.1) is 0 Å². The molecule has 0 fully saturated rings. The molecule has 2 atom stereocenters. The molecule has 1 aliphatic heterocycles. The van der Waals surface area contributed by atoms with Crippen LogP contribution < -0.4 is 24.8 Å². The van der Waals surface area contributed by atoms with Gasteiger partial charge < -0.3 is 24.8 Å². The third kappa shape index (κ3) is 2.50. The van der Waals surface area contributed by atoms with Gasteiger partial charge in [-0.3, -0.25) is 0 Å². The van der Waals surface area contributed by atoms with Gasteiger partial charge in [-0.1, -0.05) is 0 Å². The first-order valence-electron chi connectivity index (χ1n) is 7.33. The zero-order valence-electron chi connectivity index (χ0n) is 12.3. The third-order valence-corrected chi connectivity index (χ3v) is 13.3. The number of fused-ring (bicyclic) bond motifs is 2. The zero-order valence-corrected chi connectivity index (χ0v) is 19.2. The summed E-state index contributed by atoms with van der Waals surface area (Å²) in [5, 5.41) is 3.32. The van der Waals surface area contributed by atoms with Crippen molar-refractivity contribution in [2.45, 2.75) is 29.5 Å². The van der Waals surface area contributed by atoms with E-state index in [-0.39, 0.29) is 24.8 Å². The van der Waals surface area contributed by atoms with Crippen LogP contribution in [0.4, 0.5) is 0 Å². The van der Waals surface area contributed by atoms with Crippen LogP contribution in [0.5, 0.6) is 0 Å². The summed E-state index contributed by atoms with van der Waals surface area (Å²) in [4.78, 5) is 0. The summed E-state index contributed by atoms with van der Waals surface area (Å²) in [6.07, 6.45) is 9.01. The largest absolute Gasteiger partial charge is 1.00 e. The van der Waals surface area contributed by atoms with Gasteiger partial charge in [0, 0.05) is 0 Å². The van der Waals surface area contributed by atoms with E-state index in [1.165, 1.54) is 48.0 Å². The Morgan fingerprint density at radius 2 is 2.09 bits per heavy atom. The molecule has 22 heavy (non-hydrogen) atoms. The number of hydrogen-bond donors (Lipinski definition) is 0. The Balaban J connectivity index is 0.000000882. The van der Waals surface area contributed by atoms with Crippen molar-refractivity contribution >= 4 is 29.2 Å². The van der Waals surface area contributed by atoms with Crippen molar-refractivity contribution < 1.29 is 49.2 Å². The van der Waals surface area contributed by atoms with E-state index in [0.29, 0.717) is 3.67 Å². The summed E-state index contributed by atoms with van der Waals surface area (Å²) in [7, 11) is -1.66. The second-order valence-electron chi connectivity index (χ2n) is 5.87. The van der Waals surface area contributed by atoms with Gasteiger partial charge in [0.15, 0.2) is 0 Å². The predicted octanol–water partition coefficient (Wildman–Crippen LogP) is -0.921. The van der Waals surface area contributed by atoms with Gasteiger partial charge in [0.1, 0.15) is 0 Å². The second-order valence-corrected chi connectivity index (χ2v) is 13.0. The monoisotopic (exact) mass is 533 g/mol. The minimum absolute atomic E-state index is 0. The van der Waals surface area contributed by atoms with Gasteiger partial charge in [-0.05, 0) is 0 Å². The molecule has 2 unspecified atom stereocenters. The summed E-state index contributed by atoms with van der Waals surface area (Å²) >= 11 is 8.27. The molecule has 0 nitrogen and oxygen atoms in total. The maximum Gasteiger partial charge on any atom is -1.00 e. The molecule has 1 heterocycles. The Morgan fingerprint density at radius 1 is 1.32 bits per heavy atom. The fraction of sp³-hybridized carbons (Fsp3) is 0.294. The number of halogens is 3. The van der Waals surface area contributed by atoms with E-state index < -0.39 is 7.38 Å². The molecular weight excluding hydrogens is 517 g/mol. The molecule has 113 valence electrons. The van der Waals surface area contributed by atoms with Crippen LogP contribution in [0.1, 0.15) is 40.1 Å². The van der Waals surface area contributed by atoms with E-state index in [2.05, 4.69) is 43.4 Å². The average molecular weight is 533 g/mol. The molecule has 4 rings (SSSR count). The Bertz CT molecular complexity index is 708. The number of hydrogen-bond acceptors (Lipinski definition) is 0. The Kier molecular flexibility index (Phi) is 5.72. The maximum absolute atomic E-state index is 7.07. The fourth-order valence-corrected chi connectivity index (χ4v) is 15.0.